The Morgan fingerprint density at radius 2 is 2.14 bits per heavy atom. The molecule has 0 bridgehead atoms. The molecule has 0 aromatic carbocycles. The first-order valence-corrected chi connectivity index (χ1v) is 6.63. The molecule has 2 rings (SSSR count). The van der Waals surface area contributed by atoms with Gasteiger partial charge in [0.15, 0.2) is 0 Å². The van der Waals surface area contributed by atoms with Crippen LogP contribution in [0.5, 0.6) is 0 Å². The van der Waals surface area contributed by atoms with Crippen molar-refractivity contribution in [3.63, 3.8) is 0 Å². The van der Waals surface area contributed by atoms with Crippen LogP contribution in [0, 0.1) is 13.8 Å². The van der Waals surface area contributed by atoms with Gasteiger partial charge in [-0.1, -0.05) is 6.07 Å². The number of methoxy groups -OCH3 is 1. The van der Waals surface area contributed by atoms with Gasteiger partial charge in [-0.2, -0.15) is 0 Å². The summed E-state index contributed by atoms with van der Waals surface area (Å²) in [5.74, 6) is 0.303. The molecule has 1 N–H and O–H groups in total. The van der Waals surface area contributed by atoms with Crippen molar-refractivity contribution in [1.29, 1.82) is 0 Å². The molecule has 0 spiro atoms. The van der Waals surface area contributed by atoms with Gasteiger partial charge < -0.3 is 10.1 Å². The lowest BCUT2D eigenvalue weighted by Crippen LogP contribution is -2.32. The zero-order chi connectivity index (χ0) is 15.2. The molecule has 0 radical (unpaired) electrons. The number of nitrogens with one attached hydrogen (secondary N) is 1. The van der Waals surface area contributed by atoms with Crippen LogP contribution >= 0.6 is 0 Å². The van der Waals surface area contributed by atoms with Crippen LogP contribution in [0.2, 0.25) is 0 Å². The number of hydrogen-bond acceptors (Lipinski definition) is 5. The summed E-state index contributed by atoms with van der Waals surface area (Å²) >= 11 is 0. The Balaban J connectivity index is 2.18. The predicted octanol–water partition coefficient (Wildman–Crippen LogP) is 1.61. The highest BCUT2D eigenvalue weighted by atomic mass is 16.5. The molecule has 21 heavy (non-hydrogen) atoms. The molecule has 0 unspecified atom stereocenters. The fourth-order valence-corrected chi connectivity index (χ4v) is 2.02. The number of hydrogen-bond donors (Lipinski definition) is 1. The van der Waals surface area contributed by atoms with E-state index in [4.69, 9.17) is 4.74 Å². The van der Waals surface area contributed by atoms with Gasteiger partial charge in [0, 0.05) is 19.0 Å². The fraction of sp³-hybridized carbons (Fsp3) is 0.333. The minimum Gasteiger partial charge on any atom is -0.382 e. The molecule has 0 aliphatic rings. The lowest BCUT2D eigenvalue weighted by Gasteiger charge is -2.17. The van der Waals surface area contributed by atoms with E-state index in [1.165, 1.54) is 0 Å². The highest BCUT2D eigenvalue weighted by molar-refractivity contribution is 5.92. The summed E-state index contributed by atoms with van der Waals surface area (Å²) in [5, 5.41) is 2.89. The molecule has 1 amide bonds. The zero-order valence-corrected chi connectivity index (χ0v) is 12.3. The molecular weight excluding hydrogens is 268 g/mol. The second kappa shape index (κ2) is 6.90. The van der Waals surface area contributed by atoms with Gasteiger partial charge in [-0.25, -0.2) is 9.97 Å². The normalized spacial score (nSPS) is 12.0. The van der Waals surface area contributed by atoms with E-state index < -0.39 is 0 Å². The highest BCUT2D eigenvalue weighted by Gasteiger charge is 2.18. The number of aromatic nitrogens is 3. The first-order chi connectivity index (χ1) is 10.1. The largest absolute Gasteiger partial charge is 0.382 e. The van der Waals surface area contributed by atoms with Gasteiger partial charge in [-0.3, -0.25) is 9.78 Å². The van der Waals surface area contributed by atoms with Crippen LogP contribution in [0.1, 0.15) is 33.7 Å². The number of amides is 1. The Morgan fingerprint density at radius 3 is 2.76 bits per heavy atom. The molecule has 0 aliphatic heterocycles. The second-order valence-electron chi connectivity index (χ2n) is 4.68. The van der Waals surface area contributed by atoms with Gasteiger partial charge in [0.25, 0.3) is 5.91 Å². The molecule has 0 aliphatic carbocycles. The third-order valence-electron chi connectivity index (χ3n) is 2.88. The van der Waals surface area contributed by atoms with Gasteiger partial charge in [-0.15, -0.1) is 0 Å². The van der Waals surface area contributed by atoms with Crippen LogP contribution < -0.4 is 5.32 Å². The Hall–Kier alpha value is -2.34. The van der Waals surface area contributed by atoms with Crippen LogP contribution in [0.4, 0.5) is 0 Å². The summed E-state index contributed by atoms with van der Waals surface area (Å²) < 4.78 is 5.16. The van der Waals surface area contributed by atoms with Gasteiger partial charge >= 0.3 is 0 Å². The average molecular weight is 286 g/mol. The van der Waals surface area contributed by atoms with E-state index in [0.29, 0.717) is 18.1 Å². The fourth-order valence-electron chi connectivity index (χ4n) is 2.02. The van der Waals surface area contributed by atoms with Crippen molar-refractivity contribution in [2.45, 2.75) is 19.9 Å². The maximum absolute atomic E-state index is 12.3. The van der Waals surface area contributed by atoms with Gasteiger partial charge in [-0.05, 0) is 32.0 Å². The van der Waals surface area contributed by atoms with Crippen molar-refractivity contribution < 1.29 is 9.53 Å². The monoisotopic (exact) mass is 286 g/mol. The van der Waals surface area contributed by atoms with E-state index in [0.717, 1.165) is 11.4 Å². The first kappa shape index (κ1) is 15.1. The van der Waals surface area contributed by atoms with Crippen LogP contribution in [0.3, 0.4) is 0 Å². The molecular formula is C15H18N4O2. The van der Waals surface area contributed by atoms with E-state index in [-0.39, 0.29) is 11.9 Å². The molecule has 0 saturated heterocycles. The van der Waals surface area contributed by atoms with Crippen LogP contribution in [0.15, 0.2) is 30.5 Å². The zero-order valence-electron chi connectivity index (χ0n) is 12.3. The van der Waals surface area contributed by atoms with E-state index >= 15 is 0 Å². The van der Waals surface area contributed by atoms with Crippen molar-refractivity contribution in [3.8, 4) is 0 Å². The maximum Gasteiger partial charge on any atom is 0.270 e. The third kappa shape index (κ3) is 4.06. The predicted molar refractivity (Wildman–Crippen MR) is 77.8 cm³/mol. The number of rotatable bonds is 5. The van der Waals surface area contributed by atoms with E-state index in [2.05, 4.69) is 20.3 Å². The summed E-state index contributed by atoms with van der Waals surface area (Å²) in [7, 11) is 1.58. The summed E-state index contributed by atoms with van der Waals surface area (Å²) in [4.78, 5) is 24.9. The number of ether oxygens (including phenoxy) is 1. The second-order valence-corrected chi connectivity index (χ2v) is 4.68. The Kier molecular flexibility index (Phi) is 4.94. The SMILES string of the molecule is COC[C@H](NC(=O)c1cc(C)nc(C)n1)c1ccccn1. The molecule has 2 heterocycles. The lowest BCUT2D eigenvalue weighted by molar-refractivity contribution is 0.0889. The van der Waals surface area contributed by atoms with E-state index in [1.807, 2.05) is 25.1 Å². The minimum absolute atomic E-state index is 0.267. The average Bonchev–Trinajstić information content (AvgIpc) is 2.46. The standard InChI is InChI=1S/C15H18N4O2/c1-10-8-13(18-11(2)17-10)15(20)19-14(9-21-3)12-6-4-5-7-16-12/h4-8,14H,9H2,1-3H3,(H,19,20)/t14-/m0/s1. The van der Waals surface area contributed by atoms with Crippen molar-refractivity contribution >= 4 is 5.91 Å². The smallest absolute Gasteiger partial charge is 0.270 e. The first-order valence-electron chi connectivity index (χ1n) is 6.63. The van der Waals surface area contributed by atoms with Crippen molar-refractivity contribution in [1.82, 2.24) is 20.3 Å². The molecule has 2 aromatic rings. The van der Waals surface area contributed by atoms with Crippen LogP contribution in [0.25, 0.3) is 0 Å². The van der Waals surface area contributed by atoms with E-state index in [9.17, 15) is 4.79 Å². The van der Waals surface area contributed by atoms with Gasteiger partial charge in [0.1, 0.15) is 11.5 Å². The topological polar surface area (TPSA) is 77.0 Å². The van der Waals surface area contributed by atoms with Crippen LogP contribution in [-0.4, -0.2) is 34.6 Å². The van der Waals surface area contributed by atoms with Crippen LogP contribution in [-0.2, 0) is 4.74 Å². The molecule has 1 atom stereocenters. The number of carbonyl (C=O) groups excluding carboxylic acids is 1. The van der Waals surface area contributed by atoms with Gasteiger partial charge in [0.2, 0.25) is 0 Å². The minimum atomic E-state index is -0.320. The quantitative estimate of drug-likeness (QED) is 0.903. The van der Waals surface area contributed by atoms with Crippen molar-refractivity contribution in [2.75, 3.05) is 13.7 Å². The summed E-state index contributed by atoms with van der Waals surface area (Å²) in [5.41, 5.74) is 1.85. The highest BCUT2D eigenvalue weighted by Crippen LogP contribution is 2.11. The van der Waals surface area contributed by atoms with Crippen molar-refractivity contribution in [2.24, 2.45) is 0 Å². The summed E-state index contributed by atoms with van der Waals surface area (Å²) in [6.45, 7) is 3.93. The number of aryl methyl sites for hydroxylation is 2. The summed E-state index contributed by atoms with van der Waals surface area (Å²) in [6.07, 6.45) is 1.68. The molecule has 6 heteroatoms. The molecule has 6 nitrogen and oxygen atoms in total. The summed E-state index contributed by atoms with van der Waals surface area (Å²) in [6, 6.07) is 6.88. The number of pyridine rings is 1. The lowest BCUT2D eigenvalue weighted by atomic mass is 10.2. The van der Waals surface area contributed by atoms with Crippen molar-refractivity contribution in [3.05, 3.63) is 53.4 Å². The van der Waals surface area contributed by atoms with E-state index in [1.54, 1.807) is 26.3 Å². The molecule has 0 fully saturated rings. The third-order valence-corrected chi connectivity index (χ3v) is 2.88. The van der Waals surface area contributed by atoms with Gasteiger partial charge in [0.05, 0.1) is 18.3 Å². The molecule has 110 valence electrons. The molecule has 0 saturated carbocycles. The Bertz CT molecular complexity index is 596. The number of carbonyl (C=O) groups is 1. The molecule has 2 aromatic heterocycles. The number of nitrogens with zero attached hydrogens (tertiary/aromatic N) is 3. The maximum atomic E-state index is 12.3. The Labute approximate surface area is 123 Å². The Morgan fingerprint density at radius 1 is 1.33 bits per heavy atom.